The Morgan fingerprint density at radius 2 is 1.89 bits per heavy atom. The van der Waals surface area contributed by atoms with Gasteiger partial charge in [-0.25, -0.2) is 4.79 Å². The number of nitrogens with zero attached hydrogens (tertiary/aromatic N) is 2. The molecular weight excluding hydrogens is 348 g/mol. The molecule has 0 fully saturated rings. The van der Waals surface area contributed by atoms with Crippen LogP contribution in [0.25, 0.3) is 0 Å². The molecule has 144 valence electrons. The van der Waals surface area contributed by atoms with E-state index in [1.54, 1.807) is 23.0 Å². The van der Waals surface area contributed by atoms with Gasteiger partial charge in [-0.05, 0) is 36.1 Å². The summed E-state index contributed by atoms with van der Waals surface area (Å²) in [5.74, 6) is -1.89. The summed E-state index contributed by atoms with van der Waals surface area (Å²) in [7, 11) is 0. The zero-order chi connectivity index (χ0) is 19.8. The number of carbonyl (C=O) groups excluding carboxylic acids is 2. The monoisotopic (exact) mass is 372 g/mol. The van der Waals surface area contributed by atoms with Gasteiger partial charge in [-0.1, -0.05) is 26.0 Å². The standard InChI is InChI=1S/C19H24N4O4/c1-13(2)10-16(19(26)27)22-17(24)11-20-18(25)15-6-4-14(5-7-15)12-23-9-3-8-21-23/h3-9,13,16H,10-12H2,1-2H3,(H,20,25)(H,22,24)(H,26,27)/t16-/m0/s1. The average Bonchev–Trinajstić information content (AvgIpc) is 3.12. The first-order chi connectivity index (χ1) is 12.8. The van der Waals surface area contributed by atoms with E-state index in [4.69, 9.17) is 5.11 Å². The highest BCUT2D eigenvalue weighted by atomic mass is 16.4. The predicted molar refractivity (Wildman–Crippen MR) is 99.1 cm³/mol. The Morgan fingerprint density at radius 3 is 2.44 bits per heavy atom. The number of rotatable bonds is 9. The van der Waals surface area contributed by atoms with E-state index in [2.05, 4.69) is 15.7 Å². The number of aromatic nitrogens is 2. The van der Waals surface area contributed by atoms with Gasteiger partial charge >= 0.3 is 5.97 Å². The quantitative estimate of drug-likeness (QED) is 0.614. The molecule has 3 N–H and O–H groups in total. The summed E-state index contributed by atoms with van der Waals surface area (Å²) < 4.78 is 1.77. The number of carboxylic acids is 1. The van der Waals surface area contributed by atoms with Gasteiger partial charge in [-0.15, -0.1) is 0 Å². The van der Waals surface area contributed by atoms with Crippen LogP contribution in [-0.2, 0) is 16.1 Å². The van der Waals surface area contributed by atoms with Crippen molar-refractivity contribution < 1.29 is 19.5 Å². The van der Waals surface area contributed by atoms with Crippen LogP contribution in [0.15, 0.2) is 42.7 Å². The first kappa shape index (κ1) is 20.2. The Bertz CT molecular complexity index is 770. The van der Waals surface area contributed by atoms with Crippen molar-refractivity contribution in [2.45, 2.75) is 32.9 Å². The molecule has 1 aromatic heterocycles. The van der Waals surface area contributed by atoms with Gasteiger partial charge in [0.1, 0.15) is 6.04 Å². The van der Waals surface area contributed by atoms with Crippen LogP contribution in [0.5, 0.6) is 0 Å². The molecule has 8 heteroatoms. The molecule has 2 rings (SSSR count). The Hall–Kier alpha value is -3.16. The van der Waals surface area contributed by atoms with Crippen LogP contribution >= 0.6 is 0 Å². The van der Waals surface area contributed by atoms with E-state index in [1.165, 1.54) is 0 Å². The van der Waals surface area contributed by atoms with Gasteiger partial charge in [0, 0.05) is 18.0 Å². The van der Waals surface area contributed by atoms with Gasteiger partial charge in [-0.2, -0.15) is 5.10 Å². The van der Waals surface area contributed by atoms with Crippen LogP contribution in [0.1, 0.15) is 36.2 Å². The molecule has 0 aliphatic carbocycles. The molecule has 27 heavy (non-hydrogen) atoms. The maximum Gasteiger partial charge on any atom is 0.326 e. The van der Waals surface area contributed by atoms with Crippen LogP contribution in [0.4, 0.5) is 0 Å². The van der Waals surface area contributed by atoms with Gasteiger partial charge in [0.15, 0.2) is 0 Å². The van der Waals surface area contributed by atoms with Gasteiger partial charge in [0.2, 0.25) is 5.91 Å². The third kappa shape index (κ3) is 6.58. The van der Waals surface area contributed by atoms with Gasteiger partial charge in [0.05, 0.1) is 13.1 Å². The second-order valence-electron chi connectivity index (χ2n) is 6.67. The lowest BCUT2D eigenvalue weighted by Crippen LogP contribution is -2.46. The number of benzene rings is 1. The van der Waals surface area contributed by atoms with Crippen molar-refractivity contribution in [2.75, 3.05) is 6.54 Å². The van der Waals surface area contributed by atoms with Crippen molar-refractivity contribution in [2.24, 2.45) is 5.92 Å². The number of carbonyl (C=O) groups is 3. The third-order valence-electron chi connectivity index (χ3n) is 3.87. The molecular formula is C19H24N4O4. The number of aliphatic carboxylic acids is 1. The molecule has 0 unspecified atom stereocenters. The number of carboxylic acid groups (broad SMARTS) is 1. The van der Waals surface area contributed by atoms with Crippen LogP contribution in [0, 0.1) is 5.92 Å². The van der Waals surface area contributed by atoms with Crippen molar-refractivity contribution >= 4 is 17.8 Å². The van der Waals surface area contributed by atoms with Crippen LogP contribution in [0.2, 0.25) is 0 Å². The molecule has 1 heterocycles. The Kier molecular flexibility index (Phi) is 7.10. The third-order valence-corrected chi connectivity index (χ3v) is 3.87. The van der Waals surface area contributed by atoms with Crippen LogP contribution in [0.3, 0.4) is 0 Å². The van der Waals surface area contributed by atoms with Crippen molar-refractivity contribution in [1.82, 2.24) is 20.4 Å². The number of hydrogen-bond donors (Lipinski definition) is 3. The minimum atomic E-state index is -1.09. The molecule has 0 spiro atoms. The highest BCUT2D eigenvalue weighted by molar-refractivity contribution is 5.96. The Balaban J connectivity index is 1.83. The van der Waals surface area contributed by atoms with E-state index >= 15 is 0 Å². The van der Waals surface area contributed by atoms with Crippen molar-refractivity contribution in [3.8, 4) is 0 Å². The first-order valence-electron chi connectivity index (χ1n) is 8.72. The molecule has 0 saturated carbocycles. The largest absolute Gasteiger partial charge is 0.480 e. The van der Waals surface area contributed by atoms with E-state index < -0.39 is 23.8 Å². The van der Waals surface area contributed by atoms with Gasteiger partial charge < -0.3 is 15.7 Å². The highest BCUT2D eigenvalue weighted by Crippen LogP contribution is 2.07. The molecule has 1 atom stereocenters. The highest BCUT2D eigenvalue weighted by Gasteiger charge is 2.21. The maximum atomic E-state index is 12.1. The van der Waals surface area contributed by atoms with Crippen molar-refractivity contribution in [3.05, 3.63) is 53.9 Å². The van der Waals surface area contributed by atoms with Gasteiger partial charge in [0.25, 0.3) is 5.91 Å². The van der Waals surface area contributed by atoms with Crippen molar-refractivity contribution in [1.29, 1.82) is 0 Å². The van der Waals surface area contributed by atoms with E-state index in [1.807, 2.05) is 38.2 Å². The zero-order valence-electron chi connectivity index (χ0n) is 15.4. The summed E-state index contributed by atoms with van der Waals surface area (Å²) >= 11 is 0. The first-order valence-corrected chi connectivity index (χ1v) is 8.72. The molecule has 8 nitrogen and oxygen atoms in total. The van der Waals surface area contributed by atoms with E-state index in [0.29, 0.717) is 18.5 Å². The second kappa shape index (κ2) is 9.51. The van der Waals surface area contributed by atoms with E-state index in [9.17, 15) is 14.4 Å². The molecule has 0 saturated heterocycles. The SMILES string of the molecule is CC(C)C[C@H](NC(=O)CNC(=O)c1ccc(Cn2cccn2)cc1)C(=O)O. The fourth-order valence-corrected chi connectivity index (χ4v) is 2.54. The fourth-order valence-electron chi connectivity index (χ4n) is 2.54. The molecule has 1 aromatic carbocycles. The number of amides is 2. The smallest absolute Gasteiger partial charge is 0.326 e. The Labute approximate surface area is 157 Å². The number of nitrogens with one attached hydrogen (secondary N) is 2. The van der Waals surface area contributed by atoms with Crippen molar-refractivity contribution in [3.63, 3.8) is 0 Å². The fraction of sp³-hybridized carbons (Fsp3) is 0.368. The van der Waals surface area contributed by atoms with E-state index in [-0.39, 0.29) is 12.5 Å². The second-order valence-corrected chi connectivity index (χ2v) is 6.67. The molecule has 0 aliphatic heterocycles. The minimum Gasteiger partial charge on any atom is -0.480 e. The molecule has 2 amide bonds. The Morgan fingerprint density at radius 1 is 1.19 bits per heavy atom. The molecule has 0 aliphatic rings. The topological polar surface area (TPSA) is 113 Å². The zero-order valence-corrected chi connectivity index (χ0v) is 15.4. The minimum absolute atomic E-state index is 0.126. The van der Waals surface area contributed by atoms with Crippen LogP contribution < -0.4 is 10.6 Å². The normalized spacial score (nSPS) is 11.8. The maximum absolute atomic E-state index is 12.1. The predicted octanol–water partition coefficient (Wildman–Crippen LogP) is 1.28. The molecule has 2 aromatic rings. The lowest BCUT2D eigenvalue weighted by atomic mass is 10.0. The lowest BCUT2D eigenvalue weighted by Gasteiger charge is -2.16. The summed E-state index contributed by atoms with van der Waals surface area (Å²) in [5, 5.41) is 18.2. The number of hydrogen-bond acceptors (Lipinski definition) is 4. The summed E-state index contributed by atoms with van der Waals surface area (Å²) in [6.45, 7) is 4.07. The molecule has 0 bridgehead atoms. The summed E-state index contributed by atoms with van der Waals surface area (Å²) in [5.41, 5.74) is 1.41. The average molecular weight is 372 g/mol. The van der Waals surface area contributed by atoms with Crippen LogP contribution in [-0.4, -0.2) is 45.3 Å². The van der Waals surface area contributed by atoms with E-state index in [0.717, 1.165) is 5.56 Å². The van der Waals surface area contributed by atoms with Gasteiger partial charge in [-0.3, -0.25) is 14.3 Å². The molecule has 0 radical (unpaired) electrons. The summed E-state index contributed by atoms with van der Waals surface area (Å²) in [6.07, 6.45) is 3.87. The summed E-state index contributed by atoms with van der Waals surface area (Å²) in [4.78, 5) is 35.2. The lowest BCUT2D eigenvalue weighted by molar-refractivity contribution is -0.142. The summed E-state index contributed by atoms with van der Waals surface area (Å²) in [6, 6.07) is 7.86.